The summed E-state index contributed by atoms with van der Waals surface area (Å²) in [5.41, 5.74) is 2.38. The van der Waals surface area contributed by atoms with Crippen LogP contribution in [0.3, 0.4) is 0 Å². The lowest BCUT2D eigenvalue weighted by Crippen LogP contribution is -2.44. The van der Waals surface area contributed by atoms with Crippen LogP contribution in [0.2, 0.25) is 0 Å². The summed E-state index contributed by atoms with van der Waals surface area (Å²) >= 11 is 0. The molecule has 3 heterocycles. The Morgan fingerprint density at radius 1 is 1.07 bits per heavy atom. The van der Waals surface area contributed by atoms with Crippen molar-refractivity contribution in [1.82, 2.24) is 19.4 Å². The zero-order valence-corrected chi connectivity index (χ0v) is 23.2. The van der Waals surface area contributed by atoms with Gasteiger partial charge < -0.3 is 14.0 Å². The number of pyridine rings is 1. The van der Waals surface area contributed by atoms with Gasteiger partial charge in [0.15, 0.2) is 14.9 Å². The largest absolute Gasteiger partial charge is 0.444 e. The van der Waals surface area contributed by atoms with Crippen LogP contribution in [-0.4, -0.2) is 59.0 Å². The third-order valence-electron chi connectivity index (χ3n) is 6.39. The zero-order chi connectivity index (χ0) is 28.8. The molecule has 0 N–H and O–H groups in total. The number of benzene rings is 2. The molecule has 1 aliphatic heterocycles. The predicted octanol–water partition coefficient (Wildman–Crippen LogP) is 5.44. The van der Waals surface area contributed by atoms with E-state index >= 15 is 0 Å². The number of halogens is 2. The summed E-state index contributed by atoms with van der Waals surface area (Å²) in [7, 11) is -3.52. The van der Waals surface area contributed by atoms with E-state index in [4.69, 9.17) is 14.5 Å². The molecule has 1 amide bonds. The number of imidazole rings is 1. The highest BCUT2D eigenvalue weighted by Crippen LogP contribution is 2.38. The van der Waals surface area contributed by atoms with Crippen molar-refractivity contribution in [2.24, 2.45) is 0 Å². The molecule has 4 aromatic rings. The van der Waals surface area contributed by atoms with Gasteiger partial charge in [-0.3, -0.25) is 4.90 Å². The number of aromatic nitrogens is 3. The minimum Gasteiger partial charge on any atom is -0.444 e. The predicted molar refractivity (Wildman–Crippen MR) is 144 cm³/mol. The molecule has 0 aliphatic carbocycles. The Balaban J connectivity index is 1.66. The topological polar surface area (TPSA) is 104 Å². The van der Waals surface area contributed by atoms with Crippen LogP contribution in [-0.2, 0) is 21.1 Å². The molecule has 1 aliphatic rings. The molecule has 210 valence electrons. The number of fused-ring (bicyclic) bond motifs is 3. The van der Waals surface area contributed by atoms with Gasteiger partial charge in [-0.05, 0) is 62.2 Å². The van der Waals surface area contributed by atoms with E-state index in [2.05, 4.69) is 4.98 Å². The van der Waals surface area contributed by atoms with Crippen molar-refractivity contribution >= 4 is 27.0 Å². The van der Waals surface area contributed by atoms with Gasteiger partial charge >= 0.3 is 12.7 Å². The van der Waals surface area contributed by atoms with Crippen molar-refractivity contribution in [2.75, 3.05) is 12.8 Å². The molecule has 0 saturated carbocycles. The maximum absolute atomic E-state index is 13.3. The van der Waals surface area contributed by atoms with Crippen LogP contribution in [0.1, 0.15) is 38.2 Å². The molecule has 2 aromatic carbocycles. The molecule has 12 heteroatoms. The lowest BCUT2D eigenvalue weighted by atomic mass is 10.0. The summed E-state index contributed by atoms with van der Waals surface area (Å²) in [6.07, 6.45) is 1.98. The number of rotatable bonds is 5. The highest BCUT2D eigenvalue weighted by molar-refractivity contribution is 7.90. The van der Waals surface area contributed by atoms with Gasteiger partial charge in [-0.15, -0.1) is 0 Å². The van der Waals surface area contributed by atoms with Crippen molar-refractivity contribution in [2.45, 2.75) is 50.6 Å². The van der Waals surface area contributed by atoms with E-state index in [0.29, 0.717) is 33.5 Å². The number of hydrogen-bond donors (Lipinski definition) is 0. The van der Waals surface area contributed by atoms with Crippen molar-refractivity contribution in [3.05, 3.63) is 72.2 Å². The van der Waals surface area contributed by atoms with Crippen LogP contribution in [0.15, 0.2) is 65.8 Å². The number of carbonyl (C=O) groups is 1. The van der Waals surface area contributed by atoms with Gasteiger partial charge in [-0.2, -0.15) is 8.78 Å². The second-order valence-corrected chi connectivity index (χ2v) is 12.5. The number of amides is 1. The van der Waals surface area contributed by atoms with Crippen molar-refractivity contribution < 1.29 is 31.5 Å². The fourth-order valence-corrected chi connectivity index (χ4v) is 5.35. The van der Waals surface area contributed by atoms with E-state index in [0.717, 1.165) is 6.26 Å². The molecule has 1 unspecified atom stereocenters. The second-order valence-electron chi connectivity index (χ2n) is 10.5. The summed E-state index contributed by atoms with van der Waals surface area (Å²) < 4.78 is 63.2. The Morgan fingerprint density at radius 2 is 1.80 bits per heavy atom. The van der Waals surface area contributed by atoms with Crippen LogP contribution in [0.25, 0.3) is 22.2 Å². The maximum Gasteiger partial charge on any atom is 0.410 e. The van der Waals surface area contributed by atoms with Gasteiger partial charge in [-0.25, -0.2) is 23.2 Å². The normalized spacial score (nSPS) is 15.8. The zero-order valence-electron chi connectivity index (χ0n) is 22.3. The third kappa shape index (κ3) is 5.62. The average molecular weight is 571 g/mol. The molecule has 0 saturated heterocycles. The average Bonchev–Trinajstić information content (AvgIpc) is 3.24. The first-order chi connectivity index (χ1) is 18.8. The van der Waals surface area contributed by atoms with E-state index in [1.165, 1.54) is 23.2 Å². The minimum absolute atomic E-state index is 0.00980. The molecule has 0 bridgehead atoms. The summed E-state index contributed by atoms with van der Waals surface area (Å²) in [5.74, 6) is 0.525. The Morgan fingerprint density at radius 3 is 2.50 bits per heavy atom. The van der Waals surface area contributed by atoms with Gasteiger partial charge in [0.2, 0.25) is 0 Å². The van der Waals surface area contributed by atoms with E-state index in [-0.39, 0.29) is 23.9 Å². The Labute approximate surface area is 230 Å². The van der Waals surface area contributed by atoms with E-state index in [9.17, 15) is 22.0 Å². The van der Waals surface area contributed by atoms with Gasteiger partial charge in [-0.1, -0.05) is 24.3 Å². The number of alkyl halides is 2. The molecule has 5 rings (SSSR count). The molecule has 2 aromatic heterocycles. The fraction of sp³-hybridized carbons (Fsp3) is 0.321. The van der Waals surface area contributed by atoms with Gasteiger partial charge in [0.05, 0.1) is 23.6 Å². The monoisotopic (exact) mass is 570 g/mol. The lowest BCUT2D eigenvalue weighted by molar-refractivity contribution is -0.0509. The Bertz CT molecular complexity index is 1700. The number of sulfone groups is 1. The first-order valence-electron chi connectivity index (χ1n) is 12.5. The Kier molecular flexibility index (Phi) is 6.99. The van der Waals surface area contributed by atoms with Crippen molar-refractivity contribution in [1.29, 1.82) is 0 Å². The molecule has 0 radical (unpaired) electrons. The highest BCUT2D eigenvalue weighted by Gasteiger charge is 2.35. The number of hydrogen-bond acceptors (Lipinski definition) is 7. The number of carbonyl (C=O) groups excluding carboxylic acids is 1. The third-order valence-corrected chi connectivity index (χ3v) is 7.38. The highest BCUT2D eigenvalue weighted by atomic mass is 32.2. The summed E-state index contributed by atoms with van der Waals surface area (Å²) in [5, 5.41) is -0.0515. The van der Waals surface area contributed by atoms with E-state index in [1.807, 2.05) is 16.7 Å². The van der Waals surface area contributed by atoms with Crippen molar-refractivity contribution in [3.63, 3.8) is 0 Å². The molecule has 0 fully saturated rings. The first-order valence-corrected chi connectivity index (χ1v) is 14.4. The first kappa shape index (κ1) is 27.5. The maximum atomic E-state index is 13.3. The summed E-state index contributed by atoms with van der Waals surface area (Å²) in [4.78, 5) is 23.3. The van der Waals surface area contributed by atoms with Crippen LogP contribution in [0, 0.1) is 0 Å². The second kappa shape index (κ2) is 10.2. The lowest BCUT2D eigenvalue weighted by Gasteiger charge is -2.36. The summed E-state index contributed by atoms with van der Waals surface area (Å²) in [6, 6.07) is 14.5. The molecule has 1 atom stereocenters. The molecular weight excluding hydrogens is 542 g/mol. The molecule has 0 spiro atoms. The quantitative estimate of drug-likeness (QED) is 0.315. The minimum atomic E-state index is -3.52. The van der Waals surface area contributed by atoms with Crippen molar-refractivity contribution in [3.8, 4) is 16.9 Å². The molecule has 40 heavy (non-hydrogen) atoms. The SMILES string of the molecule is CC(C)(C)OC(=O)N1Cc2nc3ccc(-c4ccnc(S(C)(=O)=O)c4)cc3n2C(c2ccccc2OC(F)F)C1. The van der Waals surface area contributed by atoms with Gasteiger partial charge in [0.25, 0.3) is 0 Å². The smallest absolute Gasteiger partial charge is 0.410 e. The molecule has 9 nitrogen and oxygen atoms in total. The van der Waals surface area contributed by atoms with Gasteiger partial charge in [0.1, 0.15) is 17.2 Å². The van der Waals surface area contributed by atoms with Crippen LogP contribution in [0.4, 0.5) is 13.6 Å². The summed E-state index contributed by atoms with van der Waals surface area (Å²) in [6.45, 7) is 2.53. The van der Waals surface area contributed by atoms with E-state index < -0.39 is 34.2 Å². The van der Waals surface area contributed by atoms with Crippen LogP contribution >= 0.6 is 0 Å². The number of para-hydroxylation sites is 1. The van der Waals surface area contributed by atoms with Gasteiger partial charge in [0, 0.05) is 24.6 Å². The standard InChI is InChI=1S/C28H28F2N4O5S/c1-28(2,3)39-27(35)33-15-22(19-7-5-6-8-23(19)38-26(29)30)34-21-13-17(9-10-20(21)32-24(34)16-33)18-11-12-31-25(14-18)40(4,36)37/h5-14,22,26H,15-16H2,1-4H3. The number of nitrogens with zero attached hydrogens (tertiary/aromatic N) is 4. The number of ether oxygens (including phenoxy) is 2. The van der Waals surface area contributed by atoms with Crippen LogP contribution in [0.5, 0.6) is 5.75 Å². The van der Waals surface area contributed by atoms with Crippen LogP contribution < -0.4 is 4.74 Å². The fourth-order valence-electron chi connectivity index (χ4n) is 4.76. The molecular formula is C28H28F2N4O5S. The Hall–Kier alpha value is -4.06. The van der Waals surface area contributed by atoms with E-state index in [1.54, 1.807) is 51.1 Å².